The first-order valence-electron chi connectivity index (χ1n) is 6.84. The van der Waals surface area contributed by atoms with E-state index >= 15 is 0 Å². The van der Waals surface area contributed by atoms with Crippen LogP contribution in [0.4, 0.5) is 5.69 Å². The highest BCUT2D eigenvalue weighted by Gasteiger charge is 2.13. The molecule has 0 aliphatic carbocycles. The van der Waals surface area contributed by atoms with Gasteiger partial charge >= 0.3 is 5.97 Å². The number of hydrogen-bond acceptors (Lipinski definition) is 6. The van der Waals surface area contributed by atoms with Gasteiger partial charge in [0, 0.05) is 24.2 Å². The highest BCUT2D eigenvalue weighted by atomic mass is 16.6. The van der Waals surface area contributed by atoms with Crippen LogP contribution in [0.3, 0.4) is 0 Å². The number of nitrogens with one attached hydrogen (secondary N) is 1. The number of carbonyl (C=O) groups is 1. The molecule has 0 heterocycles. The molecule has 21 heavy (non-hydrogen) atoms. The number of nitro benzene ring substituents is 1. The average molecular weight is 296 g/mol. The summed E-state index contributed by atoms with van der Waals surface area (Å²) in [5, 5.41) is 14.0. The third-order valence-corrected chi connectivity index (χ3v) is 2.65. The first kappa shape index (κ1) is 16.9. The number of rotatable bonds is 9. The molecule has 0 unspecified atom stereocenters. The second-order valence-electron chi connectivity index (χ2n) is 4.32. The summed E-state index contributed by atoms with van der Waals surface area (Å²) in [6.07, 6.45) is 0.952. The van der Waals surface area contributed by atoms with Crippen LogP contribution in [0.1, 0.15) is 25.8 Å². The van der Waals surface area contributed by atoms with Crippen LogP contribution >= 0.6 is 0 Å². The fraction of sp³-hybridized carbons (Fsp3) is 0.500. The molecule has 0 aliphatic heterocycles. The maximum Gasteiger partial charge on any atom is 0.344 e. The number of nitro groups is 1. The fourth-order valence-corrected chi connectivity index (χ4v) is 1.70. The molecule has 1 rings (SSSR count). The quantitative estimate of drug-likeness (QED) is 0.324. The Balaban J connectivity index is 2.79. The SMILES string of the molecule is CCCNCc1cc([N+](=O)[O-])ccc1OCC(=O)OCC. The summed E-state index contributed by atoms with van der Waals surface area (Å²) in [5.41, 5.74) is 0.633. The Kier molecular flexibility index (Phi) is 7.17. The molecule has 7 nitrogen and oxygen atoms in total. The lowest BCUT2D eigenvalue weighted by Crippen LogP contribution is -2.18. The zero-order valence-corrected chi connectivity index (χ0v) is 12.3. The van der Waals surface area contributed by atoms with E-state index in [0.29, 0.717) is 17.9 Å². The largest absolute Gasteiger partial charge is 0.482 e. The zero-order valence-electron chi connectivity index (χ0n) is 12.3. The van der Waals surface area contributed by atoms with Crippen molar-refractivity contribution >= 4 is 11.7 Å². The van der Waals surface area contributed by atoms with E-state index in [-0.39, 0.29) is 18.9 Å². The van der Waals surface area contributed by atoms with E-state index in [0.717, 1.165) is 13.0 Å². The Morgan fingerprint density at radius 2 is 2.14 bits per heavy atom. The van der Waals surface area contributed by atoms with E-state index in [2.05, 4.69) is 5.32 Å². The second-order valence-corrected chi connectivity index (χ2v) is 4.32. The Hall–Kier alpha value is -2.15. The molecule has 0 atom stereocenters. The minimum Gasteiger partial charge on any atom is -0.482 e. The standard InChI is InChI=1S/C14H20N2O5/c1-3-7-15-9-11-8-12(16(18)19)5-6-13(11)21-10-14(17)20-4-2/h5-6,8,15H,3-4,7,9-10H2,1-2H3. The number of carbonyl (C=O) groups excluding carboxylic acids is 1. The smallest absolute Gasteiger partial charge is 0.344 e. The minimum absolute atomic E-state index is 0.00761. The maximum absolute atomic E-state index is 11.3. The molecule has 7 heteroatoms. The van der Waals surface area contributed by atoms with Gasteiger partial charge < -0.3 is 14.8 Å². The summed E-state index contributed by atoms with van der Waals surface area (Å²) in [5.74, 6) is -0.0272. The molecule has 1 aromatic carbocycles. The molecule has 116 valence electrons. The molecular formula is C14H20N2O5. The van der Waals surface area contributed by atoms with Gasteiger partial charge in [0.15, 0.2) is 6.61 Å². The number of benzene rings is 1. The Morgan fingerprint density at radius 1 is 1.38 bits per heavy atom. The van der Waals surface area contributed by atoms with E-state index in [4.69, 9.17) is 9.47 Å². The van der Waals surface area contributed by atoms with Crippen LogP contribution in [0.15, 0.2) is 18.2 Å². The third kappa shape index (κ3) is 5.78. The van der Waals surface area contributed by atoms with Gasteiger partial charge in [0.2, 0.25) is 0 Å². The number of hydrogen-bond donors (Lipinski definition) is 1. The molecule has 0 saturated heterocycles. The summed E-state index contributed by atoms with van der Waals surface area (Å²) >= 11 is 0. The first-order valence-corrected chi connectivity index (χ1v) is 6.84. The summed E-state index contributed by atoms with van der Waals surface area (Å²) < 4.78 is 10.2. The summed E-state index contributed by atoms with van der Waals surface area (Å²) in [6, 6.07) is 4.30. The van der Waals surface area contributed by atoms with Gasteiger partial charge in [-0.15, -0.1) is 0 Å². The van der Waals surface area contributed by atoms with Gasteiger partial charge in [-0.2, -0.15) is 0 Å². The van der Waals surface area contributed by atoms with Crippen molar-refractivity contribution in [1.29, 1.82) is 0 Å². The van der Waals surface area contributed by atoms with Gasteiger partial charge in [0.25, 0.3) is 5.69 Å². The van der Waals surface area contributed by atoms with Crippen molar-refractivity contribution in [3.8, 4) is 5.75 Å². The Bertz CT molecular complexity index is 490. The molecule has 0 fully saturated rings. The van der Waals surface area contributed by atoms with Crippen LogP contribution in [-0.4, -0.2) is 30.7 Å². The molecule has 0 amide bonds. The van der Waals surface area contributed by atoms with Crippen molar-refractivity contribution in [2.24, 2.45) is 0 Å². The monoisotopic (exact) mass is 296 g/mol. The molecule has 0 aliphatic rings. The van der Waals surface area contributed by atoms with Crippen molar-refractivity contribution in [3.05, 3.63) is 33.9 Å². The van der Waals surface area contributed by atoms with Crippen LogP contribution in [-0.2, 0) is 16.1 Å². The van der Waals surface area contributed by atoms with E-state index in [1.807, 2.05) is 6.92 Å². The molecule has 0 radical (unpaired) electrons. The average Bonchev–Trinajstić information content (AvgIpc) is 2.46. The molecule has 0 bridgehead atoms. The molecular weight excluding hydrogens is 276 g/mol. The predicted molar refractivity (Wildman–Crippen MR) is 77.2 cm³/mol. The van der Waals surface area contributed by atoms with Crippen LogP contribution in [0.5, 0.6) is 5.75 Å². The van der Waals surface area contributed by atoms with Gasteiger partial charge in [-0.25, -0.2) is 4.79 Å². The topological polar surface area (TPSA) is 90.7 Å². The molecule has 0 saturated carbocycles. The molecule has 0 aromatic heterocycles. The normalized spacial score (nSPS) is 10.2. The number of ether oxygens (including phenoxy) is 2. The van der Waals surface area contributed by atoms with E-state index in [1.54, 1.807) is 6.92 Å². The molecule has 1 aromatic rings. The number of nitrogens with zero attached hydrogens (tertiary/aromatic N) is 1. The van der Waals surface area contributed by atoms with Crippen LogP contribution in [0.25, 0.3) is 0 Å². The highest BCUT2D eigenvalue weighted by Crippen LogP contribution is 2.24. The molecule has 1 N–H and O–H groups in total. The van der Waals surface area contributed by atoms with Crippen molar-refractivity contribution in [1.82, 2.24) is 5.32 Å². The Labute approximate surface area is 123 Å². The lowest BCUT2D eigenvalue weighted by atomic mass is 10.1. The van der Waals surface area contributed by atoms with Crippen LogP contribution < -0.4 is 10.1 Å². The van der Waals surface area contributed by atoms with E-state index in [9.17, 15) is 14.9 Å². The number of non-ortho nitro benzene ring substituents is 1. The lowest BCUT2D eigenvalue weighted by Gasteiger charge is -2.11. The molecule has 0 spiro atoms. The van der Waals surface area contributed by atoms with Crippen molar-refractivity contribution in [3.63, 3.8) is 0 Å². The maximum atomic E-state index is 11.3. The van der Waals surface area contributed by atoms with Gasteiger partial charge in [-0.3, -0.25) is 10.1 Å². The van der Waals surface area contributed by atoms with Gasteiger partial charge in [0.1, 0.15) is 5.75 Å². The minimum atomic E-state index is -0.469. The van der Waals surface area contributed by atoms with Crippen LogP contribution in [0, 0.1) is 10.1 Å². The third-order valence-electron chi connectivity index (χ3n) is 2.65. The van der Waals surface area contributed by atoms with Gasteiger partial charge in [0.05, 0.1) is 11.5 Å². The lowest BCUT2D eigenvalue weighted by molar-refractivity contribution is -0.384. The zero-order chi connectivity index (χ0) is 15.7. The van der Waals surface area contributed by atoms with Crippen molar-refractivity contribution < 1.29 is 19.2 Å². The van der Waals surface area contributed by atoms with Crippen LogP contribution in [0.2, 0.25) is 0 Å². The van der Waals surface area contributed by atoms with Gasteiger partial charge in [-0.1, -0.05) is 6.92 Å². The highest BCUT2D eigenvalue weighted by molar-refractivity contribution is 5.71. The summed E-state index contributed by atoms with van der Waals surface area (Å²) in [6.45, 7) is 5.04. The fourth-order valence-electron chi connectivity index (χ4n) is 1.70. The predicted octanol–water partition coefficient (Wildman–Crippen LogP) is 2.04. The summed E-state index contributed by atoms with van der Waals surface area (Å²) in [4.78, 5) is 21.6. The Morgan fingerprint density at radius 3 is 2.76 bits per heavy atom. The first-order chi connectivity index (χ1) is 10.1. The van der Waals surface area contributed by atoms with Crippen molar-refractivity contribution in [2.75, 3.05) is 19.8 Å². The van der Waals surface area contributed by atoms with Gasteiger partial charge in [-0.05, 0) is 26.0 Å². The number of esters is 1. The van der Waals surface area contributed by atoms with E-state index < -0.39 is 10.9 Å². The van der Waals surface area contributed by atoms with Crippen molar-refractivity contribution in [2.45, 2.75) is 26.8 Å². The van der Waals surface area contributed by atoms with E-state index in [1.165, 1.54) is 18.2 Å². The summed E-state index contributed by atoms with van der Waals surface area (Å²) in [7, 11) is 0. The second kappa shape index (κ2) is 8.91.